The first kappa shape index (κ1) is 50.7. The molecule has 7 rings (SSSR count). The van der Waals surface area contributed by atoms with Crippen LogP contribution in [0.5, 0.6) is 0 Å². The fraction of sp³-hybridized carbons (Fsp3) is 0.548. The third-order valence-electron chi connectivity index (χ3n) is 10.6. The van der Waals surface area contributed by atoms with E-state index >= 15 is 0 Å². The van der Waals surface area contributed by atoms with E-state index in [-0.39, 0.29) is 40.0 Å². The smallest absolute Gasteiger partial charge is 0.416 e. The van der Waals surface area contributed by atoms with E-state index in [1.54, 1.807) is 35.1 Å². The van der Waals surface area contributed by atoms with Gasteiger partial charge in [0.25, 0.3) is 16.9 Å². The lowest BCUT2D eigenvalue weighted by molar-refractivity contribution is -0.137. The summed E-state index contributed by atoms with van der Waals surface area (Å²) in [5.74, 6) is -0.0445. The van der Waals surface area contributed by atoms with E-state index in [2.05, 4.69) is 62.3 Å². The molecule has 25 heteroatoms. The van der Waals surface area contributed by atoms with Crippen LogP contribution in [-0.4, -0.2) is 130 Å². The minimum atomic E-state index is -4.50. The highest BCUT2D eigenvalue weighted by molar-refractivity contribution is 9.10. The third kappa shape index (κ3) is 11.9. The molecule has 0 bridgehead atoms. The molecule has 5 aromatic rings. The SMILES string of the molecule is CCc1c(N2CCN(C(=O)OC(C)(C)C)CC2)c(=O)n2nc(Br)nc2n1CC(=O)Nc1ccc(C(F)(F)F)cc1C.CCc1nc2nc(Br)[nH]n2c(=O)c1N1CCN(C(=O)OC(C)(C)C)CC1. The summed E-state index contributed by atoms with van der Waals surface area (Å²) in [5.41, 5.74) is 0.0481. The number of nitrogens with zero attached hydrogens (tertiary/aromatic N) is 11. The van der Waals surface area contributed by atoms with Crippen molar-refractivity contribution in [1.29, 1.82) is 0 Å². The van der Waals surface area contributed by atoms with Crippen molar-refractivity contribution < 1.29 is 37.0 Å². The zero-order valence-electron chi connectivity index (χ0n) is 38.7. The Hall–Kier alpha value is -5.72. The summed E-state index contributed by atoms with van der Waals surface area (Å²) in [7, 11) is 0. The van der Waals surface area contributed by atoms with E-state index in [4.69, 9.17) is 9.47 Å². The zero-order chi connectivity index (χ0) is 49.3. The monoisotopic (exact) mass is 1070 g/mol. The number of alkyl halides is 3. The molecular weight excluding hydrogens is 1020 g/mol. The lowest BCUT2D eigenvalue weighted by Gasteiger charge is -2.37. The second kappa shape index (κ2) is 19.9. The molecule has 1 aromatic carbocycles. The van der Waals surface area contributed by atoms with E-state index in [0.717, 1.165) is 16.6 Å². The number of aromatic amines is 1. The number of H-pyrrole nitrogens is 1. The Morgan fingerprint density at radius 1 is 0.776 bits per heavy atom. The topological polar surface area (TPSA) is 210 Å². The van der Waals surface area contributed by atoms with Crippen molar-refractivity contribution in [2.45, 2.75) is 99.1 Å². The van der Waals surface area contributed by atoms with Crippen LogP contribution in [0.3, 0.4) is 0 Å². The first-order valence-electron chi connectivity index (χ1n) is 21.6. The number of hydrogen-bond acceptors (Lipinski definition) is 13. The largest absolute Gasteiger partial charge is 0.444 e. The molecule has 0 atom stereocenters. The molecule has 67 heavy (non-hydrogen) atoms. The van der Waals surface area contributed by atoms with Crippen molar-refractivity contribution in [3.8, 4) is 0 Å². The van der Waals surface area contributed by atoms with E-state index in [9.17, 15) is 37.1 Å². The lowest BCUT2D eigenvalue weighted by atomic mass is 10.1. The zero-order valence-corrected chi connectivity index (χ0v) is 41.8. The molecule has 2 fully saturated rings. The standard InChI is InChI=1S/C26H31BrF3N7O4.C16H23BrN6O3/c1-6-18-20(34-9-11-35(12-10-34)24(40)41-25(3,4)5)21(39)37-23(32-22(27)33-37)36(18)14-19(38)31-17-8-7-16(13-15(17)2)26(28,29)30;1-5-10-11(12(24)23-14(18-10)19-13(17)20-23)21-6-8-22(9-7-21)15(25)26-16(2,3)4/h7-8,13H,6,9-12,14H2,1-5H3,(H,31,38);5-9H2,1-4H3,(H,18,19,20). The number of anilines is 3. The van der Waals surface area contributed by atoms with Crippen molar-refractivity contribution in [2.75, 3.05) is 67.5 Å². The molecule has 0 radical (unpaired) electrons. The van der Waals surface area contributed by atoms with Gasteiger partial charge in [0.2, 0.25) is 16.4 Å². The van der Waals surface area contributed by atoms with Gasteiger partial charge in [0.1, 0.15) is 29.1 Å². The molecule has 0 spiro atoms. The molecule has 2 aliphatic rings. The van der Waals surface area contributed by atoms with E-state index in [1.165, 1.54) is 17.5 Å². The Bertz CT molecular complexity index is 2780. The number of aryl methyl sites for hydroxylation is 2. The Morgan fingerprint density at radius 3 is 1.82 bits per heavy atom. The highest BCUT2D eigenvalue weighted by Crippen LogP contribution is 2.32. The van der Waals surface area contributed by atoms with Gasteiger partial charge in [-0.05, 0) is 117 Å². The molecule has 3 amide bonds. The van der Waals surface area contributed by atoms with Crippen molar-refractivity contribution in [2.24, 2.45) is 0 Å². The molecule has 2 saturated heterocycles. The summed E-state index contributed by atoms with van der Waals surface area (Å²) in [6.45, 7) is 19.3. The molecule has 2 aliphatic heterocycles. The highest BCUT2D eigenvalue weighted by atomic mass is 79.9. The Balaban J connectivity index is 0.000000244. The second-order valence-corrected chi connectivity index (χ2v) is 19.3. The summed E-state index contributed by atoms with van der Waals surface area (Å²) in [4.78, 5) is 84.5. The summed E-state index contributed by atoms with van der Waals surface area (Å²) >= 11 is 6.44. The first-order chi connectivity index (χ1) is 31.3. The van der Waals surface area contributed by atoms with Crippen LogP contribution in [0.1, 0.15) is 77.9 Å². The number of hydrogen-bond donors (Lipinski definition) is 2. The highest BCUT2D eigenvalue weighted by Gasteiger charge is 2.33. The summed E-state index contributed by atoms with van der Waals surface area (Å²) in [6.07, 6.45) is -4.27. The molecule has 4 aromatic heterocycles. The molecule has 0 unspecified atom stereocenters. The van der Waals surface area contributed by atoms with Gasteiger partial charge in [0, 0.05) is 58.0 Å². The molecule has 6 heterocycles. The summed E-state index contributed by atoms with van der Waals surface area (Å²) in [5, 5.41) is 9.68. The van der Waals surface area contributed by atoms with Crippen molar-refractivity contribution >= 4 is 78.6 Å². The maximum atomic E-state index is 13.6. The van der Waals surface area contributed by atoms with Crippen LogP contribution in [0.4, 0.5) is 39.8 Å². The average Bonchev–Trinajstić information content (AvgIpc) is 3.83. The van der Waals surface area contributed by atoms with Gasteiger partial charge < -0.3 is 39.0 Å². The van der Waals surface area contributed by atoms with Crippen LogP contribution in [-0.2, 0) is 39.8 Å². The molecule has 2 N–H and O–H groups in total. The van der Waals surface area contributed by atoms with Gasteiger partial charge in [0.05, 0.1) is 17.0 Å². The van der Waals surface area contributed by atoms with Gasteiger partial charge in [-0.2, -0.15) is 32.2 Å². The maximum Gasteiger partial charge on any atom is 0.416 e. The number of carbonyl (C=O) groups excluding carboxylic acids is 3. The van der Waals surface area contributed by atoms with Crippen molar-refractivity contribution in [3.63, 3.8) is 0 Å². The molecule has 0 saturated carbocycles. The molecule has 364 valence electrons. The lowest BCUT2D eigenvalue weighted by Crippen LogP contribution is -2.51. The minimum Gasteiger partial charge on any atom is -0.444 e. The Morgan fingerprint density at radius 2 is 1.33 bits per heavy atom. The number of nitrogens with one attached hydrogen (secondary N) is 2. The number of benzene rings is 1. The third-order valence-corrected chi connectivity index (χ3v) is 11.3. The number of aromatic nitrogens is 8. The van der Waals surface area contributed by atoms with Crippen molar-refractivity contribution in [3.05, 3.63) is 70.9 Å². The Kier molecular flexibility index (Phi) is 15.0. The first-order valence-corrected chi connectivity index (χ1v) is 23.2. The van der Waals surface area contributed by atoms with E-state index in [0.29, 0.717) is 98.5 Å². The predicted molar refractivity (Wildman–Crippen MR) is 250 cm³/mol. The quantitative estimate of drug-likeness (QED) is 0.191. The maximum absolute atomic E-state index is 13.6. The number of rotatable bonds is 7. The van der Waals surface area contributed by atoms with Gasteiger partial charge in [0.15, 0.2) is 4.73 Å². The number of ether oxygens (including phenoxy) is 2. The van der Waals surface area contributed by atoms with Crippen LogP contribution in [0.15, 0.2) is 37.3 Å². The van der Waals surface area contributed by atoms with Crippen LogP contribution >= 0.6 is 31.9 Å². The average molecular weight is 1070 g/mol. The number of amides is 3. The fourth-order valence-electron chi connectivity index (χ4n) is 7.59. The second-order valence-electron chi connectivity index (χ2n) is 17.8. The van der Waals surface area contributed by atoms with Crippen LogP contribution < -0.4 is 26.2 Å². The number of carbonyl (C=O) groups is 3. The van der Waals surface area contributed by atoms with Gasteiger partial charge in [-0.3, -0.25) is 19.5 Å². The molecule has 0 aliphatic carbocycles. The van der Waals surface area contributed by atoms with Crippen LogP contribution in [0.25, 0.3) is 11.6 Å². The Labute approximate surface area is 400 Å². The number of halogens is 5. The normalized spacial score (nSPS) is 14.9. The number of fused-ring (bicyclic) bond motifs is 2. The fourth-order valence-corrected chi connectivity index (χ4v) is 8.24. The predicted octanol–water partition coefficient (Wildman–Crippen LogP) is 6.04. The van der Waals surface area contributed by atoms with Crippen LogP contribution in [0.2, 0.25) is 0 Å². The van der Waals surface area contributed by atoms with Gasteiger partial charge >= 0.3 is 18.4 Å². The molecule has 20 nitrogen and oxygen atoms in total. The van der Waals surface area contributed by atoms with Crippen LogP contribution in [0, 0.1) is 6.92 Å². The van der Waals surface area contributed by atoms with Gasteiger partial charge in [-0.15, -0.1) is 5.10 Å². The van der Waals surface area contributed by atoms with E-state index in [1.807, 2.05) is 44.4 Å². The van der Waals surface area contributed by atoms with Crippen molar-refractivity contribution in [1.82, 2.24) is 48.5 Å². The summed E-state index contributed by atoms with van der Waals surface area (Å²) in [6, 6.07) is 3.08. The number of piperazine rings is 2. The van der Waals surface area contributed by atoms with Gasteiger partial charge in [-0.25, -0.2) is 14.6 Å². The minimum absolute atomic E-state index is 0.133. The van der Waals surface area contributed by atoms with E-state index < -0.39 is 40.5 Å². The van der Waals surface area contributed by atoms with Gasteiger partial charge in [-0.1, -0.05) is 13.8 Å². The summed E-state index contributed by atoms with van der Waals surface area (Å²) < 4.78 is 54.7. The molecular formula is C42H54Br2F3N13O7.